The number of aryl methyl sites for hydroxylation is 1. The highest BCUT2D eigenvalue weighted by Crippen LogP contribution is 2.54. The predicted octanol–water partition coefficient (Wildman–Crippen LogP) is 3.77. The molecule has 0 aliphatic heterocycles. The minimum Gasteiger partial charge on any atom is -0.450 e. The molecule has 0 saturated heterocycles. The quantitative estimate of drug-likeness (QED) is 0.513. The zero-order valence-electron chi connectivity index (χ0n) is 12.8. The number of carbonyl (C=O) groups excluding carboxylic acids is 1. The molecule has 0 unspecified atom stereocenters. The zero-order valence-corrected chi connectivity index (χ0v) is 13.7. The van der Waals surface area contributed by atoms with Crippen LogP contribution in [0.4, 0.5) is 0 Å². The average molecular weight is 314 g/mol. The molecule has 0 spiro atoms. The first-order valence-electron chi connectivity index (χ1n) is 7.11. The van der Waals surface area contributed by atoms with Crippen molar-refractivity contribution in [2.24, 2.45) is 0 Å². The molecule has 118 valence electrons. The van der Waals surface area contributed by atoms with Gasteiger partial charge in [-0.25, -0.2) is 0 Å². The molecular formula is C15H23O5P. The van der Waals surface area contributed by atoms with Gasteiger partial charge >= 0.3 is 13.6 Å². The highest BCUT2D eigenvalue weighted by molar-refractivity contribution is 7.54. The Labute approximate surface area is 126 Å². The largest absolute Gasteiger partial charge is 0.450 e. The van der Waals surface area contributed by atoms with Gasteiger partial charge in [-0.1, -0.05) is 30.3 Å². The molecule has 0 heterocycles. The number of ether oxygens (including phenoxy) is 1. The Morgan fingerprint density at radius 3 is 2.19 bits per heavy atom. The van der Waals surface area contributed by atoms with Gasteiger partial charge in [0.05, 0.1) is 13.2 Å². The van der Waals surface area contributed by atoms with Crippen molar-refractivity contribution in [2.45, 2.75) is 39.5 Å². The molecular weight excluding hydrogens is 291 g/mol. The molecule has 6 heteroatoms. The number of hydrogen-bond acceptors (Lipinski definition) is 5. The fourth-order valence-corrected chi connectivity index (χ4v) is 3.82. The van der Waals surface area contributed by atoms with Crippen LogP contribution < -0.4 is 0 Å². The van der Waals surface area contributed by atoms with Crippen LogP contribution in [0.5, 0.6) is 0 Å². The molecule has 0 amide bonds. The lowest BCUT2D eigenvalue weighted by atomic mass is 10.1. The van der Waals surface area contributed by atoms with Crippen LogP contribution in [-0.4, -0.2) is 25.0 Å². The molecule has 0 aliphatic carbocycles. The van der Waals surface area contributed by atoms with E-state index in [-0.39, 0.29) is 13.2 Å². The molecule has 0 saturated carbocycles. The van der Waals surface area contributed by atoms with Gasteiger partial charge in [0.1, 0.15) is 0 Å². The number of benzene rings is 1. The summed E-state index contributed by atoms with van der Waals surface area (Å²) in [4.78, 5) is 11.3. The first kappa shape index (κ1) is 17.9. The zero-order chi connectivity index (χ0) is 15.7. The number of rotatable bonds is 9. The summed E-state index contributed by atoms with van der Waals surface area (Å²) in [6.07, 6.45) is 1.02. The highest BCUT2D eigenvalue weighted by atomic mass is 31.2. The summed E-state index contributed by atoms with van der Waals surface area (Å²) in [6, 6.07) is 9.73. The van der Waals surface area contributed by atoms with Crippen LogP contribution in [0.2, 0.25) is 0 Å². The summed E-state index contributed by atoms with van der Waals surface area (Å²) >= 11 is 0. The van der Waals surface area contributed by atoms with Crippen molar-refractivity contribution in [1.29, 1.82) is 0 Å². The van der Waals surface area contributed by atoms with E-state index in [2.05, 4.69) is 0 Å². The standard InChI is InChI=1S/C15H23O5P/c1-4-18-21(17,19-5-2)15(20-13(3)16)12-11-14-9-7-6-8-10-14/h6-10,15H,4-5,11-12H2,1-3H3/t15-/m1/s1. The van der Waals surface area contributed by atoms with Gasteiger partial charge in [0.15, 0.2) is 0 Å². The van der Waals surface area contributed by atoms with E-state index in [0.29, 0.717) is 12.8 Å². The second-order valence-electron chi connectivity index (χ2n) is 4.46. The molecule has 0 aromatic heterocycles. The van der Waals surface area contributed by atoms with Crippen LogP contribution in [0.3, 0.4) is 0 Å². The van der Waals surface area contributed by atoms with E-state index in [1.54, 1.807) is 13.8 Å². The lowest BCUT2D eigenvalue weighted by molar-refractivity contribution is -0.143. The Bertz CT molecular complexity index is 464. The van der Waals surface area contributed by atoms with Crippen molar-refractivity contribution >= 4 is 13.6 Å². The summed E-state index contributed by atoms with van der Waals surface area (Å²) in [7, 11) is -3.46. The Morgan fingerprint density at radius 2 is 1.71 bits per heavy atom. The van der Waals surface area contributed by atoms with Crippen LogP contribution in [0.1, 0.15) is 32.8 Å². The molecule has 5 nitrogen and oxygen atoms in total. The molecule has 21 heavy (non-hydrogen) atoms. The van der Waals surface area contributed by atoms with E-state index >= 15 is 0 Å². The normalized spacial score (nSPS) is 12.9. The van der Waals surface area contributed by atoms with Gasteiger partial charge in [0.25, 0.3) is 0 Å². The van der Waals surface area contributed by atoms with Gasteiger partial charge in [-0.2, -0.15) is 0 Å². The molecule has 0 bridgehead atoms. The van der Waals surface area contributed by atoms with Crippen LogP contribution in [0.15, 0.2) is 30.3 Å². The van der Waals surface area contributed by atoms with E-state index in [0.717, 1.165) is 5.56 Å². The SMILES string of the molecule is CCOP(=O)(OCC)[C@H](CCc1ccccc1)OC(C)=O. The molecule has 1 atom stereocenters. The second-order valence-corrected chi connectivity index (χ2v) is 6.64. The third-order valence-electron chi connectivity index (χ3n) is 2.80. The molecule has 0 fully saturated rings. The molecule has 0 radical (unpaired) electrons. The summed E-state index contributed by atoms with van der Waals surface area (Å²) in [5.74, 6) is -1.37. The smallest absolute Gasteiger partial charge is 0.370 e. The van der Waals surface area contributed by atoms with Gasteiger partial charge in [-0.05, 0) is 25.8 Å². The Morgan fingerprint density at radius 1 is 1.14 bits per heavy atom. The number of carbonyl (C=O) groups is 1. The molecule has 0 N–H and O–H groups in total. The van der Waals surface area contributed by atoms with Gasteiger partial charge in [-0.15, -0.1) is 0 Å². The Balaban J connectivity index is 2.82. The van der Waals surface area contributed by atoms with Crippen molar-refractivity contribution < 1.29 is 23.1 Å². The van der Waals surface area contributed by atoms with Crippen molar-refractivity contribution in [3.05, 3.63) is 35.9 Å². The number of hydrogen-bond donors (Lipinski definition) is 0. The topological polar surface area (TPSA) is 61.8 Å². The monoisotopic (exact) mass is 314 g/mol. The van der Waals surface area contributed by atoms with Crippen molar-refractivity contribution in [3.63, 3.8) is 0 Å². The highest BCUT2D eigenvalue weighted by Gasteiger charge is 2.37. The first-order valence-corrected chi connectivity index (χ1v) is 8.73. The minimum absolute atomic E-state index is 0.236. The maximum atomic E-state index is 12.7. The number of esters is 1. The fraction of sp³-hybridized carbons (Fsp3) is 0.533. The fourth-order valence-electron chi connectivity index (χ4n) is 1.97. The minimum atomic E-state index is -3.46. The van der Waals surface area contributed by atoms with Crippen molar-refractivity contribution in [1.82, 2.24) is 0 Å². The van der Waals surface area contributed by atoms with Crippen LogP contribution in [0, 0.1) is 0 Å². The molecule has 1 rings (SSSR count). The van der Waals surface area contributed by atoms with E-state index < -0.39 is 19.4 Å². The van der Waals surface area contributed by atoms with E-state index in [4.69, 9.17) is 13.8 Å². The lowest BCUT2D eigenvalue weighted by Gasteiger charge is -2.25. The molecule has 0 aliphatic rings. The molecule has 1 aromatic carbocycles. The summed E-state index contributed by atoms with van der Waals surface area (Å²) in [5, 5.41) is 0. The summed E-state index contributed by atoms with van der Waals surface area (Å²) in [6.45, 7) is 5.22. The van der Waals surface area contributed by atoms with Crippen LogP contribution in [-0.2, 0) is 29.6 Å². The van der Waals surface area contributed by atoms with Crippen LogP contribution in [0.25, 0.3) is 0 Å². The van der Waals surface area contributed by atoms with E-state index in [1.807, 2.05) is 30.3 Å². The molecule has 1 aromatic rings. The van der Waals surface area contributed by atoms with Gasteiger partial charge in [0.2, 0.25) is 5.85 Å². The van der Waals surface area contributed by atoms with Crippen LogP contribution >= 0.6 is 7.60 Å². The van der Waals surface area contributed by atoms with Gasteiger partial charge in [0, 0.05) is 13.3 Å². The van der Waals surface area contributed by atoms with E-state index in [1.165, 1.54) is 6.92 Å². The maximum Gasteiger partial charge on any atom is 0.370 e. The predicted molar refractivity (Wildman–Crippen MR) is 81.2 cm³/mol. The Kier molecular flexibility index (Phi) is 7.65. The van der Waals surface area contributed by atoms with Crippen molar-refractivity contribution in [3.8, 4) is 0 Å². The summed E-state index contributed by atoms with van der Waals surface area (Å²) in [5.41, 5.74) is 1.08. The Hall–Kier alpha value is -1.16. The maximum absolute atomic E-state index is 12.7. The van der Waals surface area contributed by atoms with Gasteiger partial charge in [-0.3, -0.25) is 9.36 Å². The van der Waals surface area contributed by atoms with Crippen molar-refractivity contribution in [2.75, 3.05) is 13.2 Å². The third-order valence-corrected chi connectivity index (χ3v) is 5.10. The first-order chi connectivity index (χ1) is 10.0. The summed E-state index contributed by atoms with van der Waals surface area (Å²) < 4.78 is 28.5. The third kappa shape index (κ3) is 6.00. The van der Waals surface area contributed by atoms with Gasteiger partial charge < -0.3 is 13.8 Å². The average Bonchev–Trinajstić information content (AvgIpc) is 2.44. The second kappa shape index (κ2) is 8.98. The lowest BCUT2D eigenvalue weighted by Crippen LogP contribution is -2.20. The van der Waals surface area contributed by atoms with E-state index in [9.17, 15) is 9.36 Å².